The Kier molecular flexibility index (Phi) is 6.16. The van der Waals surface area contributed by atoms with Gasteiger partial charge in [-0.15, -0.1) is 0 Å². The van der Waals surface area contributed by atoms with Crippen LogP contribution in [0.1, 0.15) is 50.6 Å². The molecule has 2 nitrogen and oxygen atoms in total. The molecule has 0 amide bonds. The van der Waals surface area contributed by atoms with E-state index in [1.54, 1.807) is 6.07 Å². The van der Waals surface area contributed by atoms with E-state index >= 15 is 0 Å². The summed E-state index contributed by atoms with van der Waals surface area (Å²) in [5, 5.41) is 1.38. The highest BCUT2D eigenvalue weighted by atomic mass is 35.5. The topological polar surface area (TPSA) is 29.3 Å². The van der Waals surface area contributed by atoms with Gasteiger partial charge in [0.2, 0.25) is 0 Å². The molecule has 0 spiro atoms. The number of nitrogens with two attached hydrogens (primary N) is 1. The van der Waals surface area contributed by atoms with E-state index in [1.165, 1.54) is 32.1 Å². The summed E-state index contributed by atoms with van der Waals surface area (Å²) < 4.78 is 0. The van der Waals surface area contributed by atoms with Gasteiger partial charge < -0.3 is 5.73 Å². The molecule has 2 rings (SSSR count). The normalized spacial score (nSPS) is 22.5. The van der Waals surface area contributed by atoms with Crippen molar-refractivity contribution in [3.8, 4) is 0 Å². The highest BCUT2D eigenvalue weighted by Gasteiger charge is 2.27. The Morgan fingerprint density at radius 3 is 2.50 bits per heavy atom. The van der Waals surface area contributed by atoms with E-state index in [0.717, 1.165) is 12.1 Å². The SMILES string of the molecule is CCC1CCCCCN1C(CN)c1cc(Cl)cc(Cl)c1. The van der Waals surface area contributed by atoms with Crippen molar-refractivity contribution in [1.29, 1.82) is 0 Å². The zero-order valence-electron chi connectivity index (χ0n) is 12.1. The number of halogens is 2. The largest absolute Gasteiger partial charge is 0.329 e. The quantitative estimate of drug-likeness (QED) is 0.876. The van der Waals surface area contributed by atoms with Crippen LogP contribution in [0.15, 0.2) is 18.2 Å². The van der Waals surface area contributed by atoms with Gasteiger partial charge in [-0.3, -0.25) is 4.90 Å². The second kappa shape index (κ2) is 7.65. The molecule has 2 N–H and O–H groups in total. The molecular weight excluding hydrogens is 291 g/mol. The van der Waals surface area contributed by atoms with Crippen molar-refractivity contribution in [3.05, 3.63) is 33.8 Å². The molecule has 0 radical (unpaired) electrons. The predicted octanol–water partition coefficient (Wildman–Crippen LogP) is 4.65. The van der Waals surface area contributed by atoms with Crippen LogP contribution in [0.5, 0.6) is 0 Å². The first kappa shape index (κ1) is 16.1. The molecule has 1 saturated heterocycles. The molecule has 2 atom stereocenters. The molecule has 1 aliphatic heterocycles. The summed E-state index contributed by atoms with van der Waals surface area (Å²) in [4.78, 5) is 2.56. The lowest BCUT2D eigenvalue weighted by Crippen LogP contribution is -2.41. The van der Waals surface area contributed by atoms with Crippen LogP contribution >= 0.6 is 23.2 Å². The lowest BCUT2D eigenvalue weighted by atomic mass is 10.0. The van der Waals surface area contributed by atoms with E-state index in [0.29, 0.717) is 22.6 Å². The van der Waals surface area contributed by atoms with Crippen molar-refractivity contribution >= 4 is 23.2 Å². The average molecular weight is 315 g/mol. The summed E-state index contributed by atoms with van der Waals surface area (Å²) in [6, 6.07) is 6.61. The molecule has 1 aromatic rings. The van der Waals surface area contributed by atoms with E-state index < -0.39 is 0 Å². The monoisotopic (exact) mass is 314 g/mol. The fourth-order valence-electron chi connectivity index (χ4n) is 3.28. The van der Waals surface area contributed by atoms with Crippen molar-refractivity contribution in [2.75, 3.05) is 13.1 Å². The molecule has 0 saturated carbocycles. The summed E-state index contributed by atoms with van der Waals surface area (Å²) in [7, 11) is 0. The average Bonchev–Trinajstić information content (AvgIpc) is 2.64. The number of nitrogens with zero attached hydrogens (tertiary/aromatic N) is 1. The fraction of sp³-hybridized carbons (Fsp3) is 0.625. The summed E-state index contributed by atoms with van der Waals surface area (Å²) in [5.74, 6) is 0. The van der Waals surface area contributed by atoms with Crippen LogP contribution in [0.2, 0.25) is 10.0 Å². The molecule has 20 heavy (non-hydrogen) atoms. The molecule has 4 heteroatoms. The fourth-order valence-corrected chi connectivity index (χ4v) is 3.82. The zero-order valence-corrected chi connectivity index (χ0v) is 13.6. The van der Waals surface area contributed by atoms with Gasteiger partial charge in [-0.2, -0.15) is 0 Å². The van der Waals surface area contributed by atoms with E-state index in [-0.39, 0.29) is 6.04 Å². The maximum atomic E-state index is 6.15. The van der Waals surface area contributed by atoms with Crippen LogP contribution in [0, 0.1) is 0 Å². The van der Waals surface area contributed by atoms with E-state index in [4.69, 9.17) is 28.9 Å². The lowest BCUT2D eigenvalue weighted by Gasteiger charge is -2.36. The first-order chi connectivity index (χ1) is 9.65. The van der Waals surface area contributed by atoms with Crippen LogP contribution < -0.4 is 5.73 Å². The number of rotatable bonds is 4. The third-order valence-corrected chi connectivity index (χ3v) is 4.72. The lowest BCUT2D eigenvalue weighted by molar-refractivity contribution is 0.136. The summed E-state index contributed by atoms with van der Waals surface area (Å²) in [6.45, 7) is 3.99. The molecule has 1 fully saturated rings. The molecular formula is C16H24Cl2N2. The Bertz CT molecular complexity index is 416. The van der Waals surface area contributed by atoms with E-state index in [9.17, 15) is 0 Å². The minimum atomic E-state index is 0.217. The molecule has 112 valence electrons. The van der Waals surface area contributed by atoms with E-state index in [2.05, 4.69) is 11.8 Å². The van der Waals surface area contributed by atoms with Crippen LogP contribution in [0.3, 0.4) is 0 Å². The van der Waals surface area contributed by atoms with Gasteiger partial charge in [0, 0.05) is 28.7 Å². The van der Waals surface area contributed by atoms with Crippen molar-refractivity contribution < 1.29 is 0 Å². The summed E-state index contributed by atoms with van der Waals surface area (Å²) in [5.41, 5.74) is 7.22. The molecule has 0 aromatic heterocycles. The molecule has 2 unspecified atom stereocenters. The van der Waals surface area contributed by atoms with Gasteiger partial charge in [-0.25, -0.2) is 0 Å². The van der Waals surface area contributed by atoms with Gasteiger partial charge in [-0.1, -0.05) is 43.0 Å². The van der Waals surface area contributed by atoms with Crippen LogP contribution in [0.4, 0.5) is 0 Å². The Hall–Kier alpha value is -0.280. The number of benzene rings is 1. The third-order valence-electron chi connectivity index (χ3n) is 4.29. The highest BCUT2D eigenvalue weighted by Crippen LogP contribution is 2.31. The maximum absolute atomic E-state index is 6.15. The third kappa shape index (κ3) is 3.88. The minimum absolute atomic E-state index is 0.217. The van der Waals surface area contributed by atoms with Gasteiger partial charge >= 0.3 is 0 Å². The Morgan fingerprint density at radius 1 is 1.20 bits per heavy atom. The Labute approximate surface area is 132 Å². The molecule has 0 bridgehead atoms. The second-order valence-corrected chi connectivity index (χ2v) is 6.48. The smallest absolute Gasteiger partial charge is 0.0474 e. The number of hydrogen-bond donors (Lipinski definition) is 1. The molecule has 0 aliphatic carbocycles. The summed E-state index contributed by atoms with van der Waals surface area (Å²) in [6.07, 6.45) is 6.33. The van der Waals surface area contributed by atoms with Crippen molar-refractivity contribution in [3.63, 3.8) is 0 Å². The van der Waals surface area contributed by atoms with Gasteiger partial charge in [0.25, 0.3) is 0 Å². The number of hydrogen-bond acceptors (Lipinski definition) is 2. The van der Waals surface area contributed by atoms with Crippen LogP contribution in [-0.4, -0.2) is 24.0 Å². The maximum Gasteiger partial charge on any atom is 0.0474 e. The van der Waals surface area contributed by atoms with Gasteiger partial charge in [0.15, 0.2) is 0 Å². The highest BCUT2D eigenvalue weighted by molar-refractivity contribution is 6.34. The van der Waals surface area contributed by atoms with Crippen molar-refractivity contribution in [2.24, 2.45) is 5.73 Å². The minimum Gasteiger partial charge on any atom is -0.329 e. The molecule has 1 heterocycles. The molecule has 1 aliphatic rings. The second-order valence-electron chi connectivity index (χ2n) is 5.60. The Balaban J connectivity index is 2.28. The summed E-state index contributed by atoms with van der Waals surface area (Å²) >= 11 is 12.3. The van der Waals surface area contributed by atoms with Crippen molar-refractivity contribution in [1.82, 2.24) is 4.90 Å². The van der Waals surface area contributed by atoms with E-state index in [1.807, 2.05) is 12.1 Å². The first-order valence-electron chi connectivity index (χ1n) is 7.57. The number of likely N-dealkylation sites (tertiary alicyclic amines) is 1. The Morgan fingerprint density at radius 2 is 1.90 bits per heavy atom. The first-order valence-corrected chi connectivity index (χ1v) is 8.33. The standard InChI is InChI=1S/C16H24Cl2N2/c1-2-15-6-4-3-5-7-20(15)16(11-19)12-8-13(17)10-14(18)9-12/h8-10,15-16H,2-7,11,19H2,1H3. The van der Waals surface area contributed by atoms with Gasteiger partial charge in [-0.05, 0) is 49.6 Å². The van der Waals surface area contributed by atoms with Gasteiger partial charge in [0.1, 0.15) is 0 Å². The van der Waals surface area contributed by atoms with Crippen LogP contribution in [-0.2, 0) is 0 Å². The van der Waals surface area contributed by atoms with Gasteiger partial charge in [0.05, 0.1) is 0 Å². The van der Waals surface area contributed by atoms with Crippen LogP contribution in [0.25, 0.3) is 0 Å². The molecule has 1 aromatic carbocycles. The predicted molar refractivity (Wildman–Crippen MR) is 87.5 cm³/mol. The zero-order chi connectivity index (χ0) is 14.5. The van der Waals surface area contributed by atoms with Crippen molar-refractivity contribution in [2.45, 2.75) is 51.1 Å².